The Morgan fingerprint density at radius 1 is 0.913 bits per heavy atom. The first-order valence-electron chi connectivity index (χ1n) is 7.13. The molecule has 0 spiro atoms. The SMILES string of the molecule is CCC(N)C(C)(CO)C(=O)[O-].CCC(N)C(C)(CO)C(=O)[O-].[Ca+2]. The van der Waals surface area contributed by atoms with Crippen LogP contribution in [0.15, 0.2) is 0 Å². The van der Waals surface area contributed by atoms with Crippen LogP contribution in [-0.4, -0.2) is 85.2 Å². The monoisotopic (exact) mass is 360 g/mol. The summed E-state index contributed by atoms with van der Waals surface area (Å²) in [5.41, 5.74) is 8.34. The molecular formula is C14H28CaN2O6. The number of carbonyl (C=O) groups is 2. The van der Waals surface area contributed by atoms with Crippen molar-refractivity contribution in [1.82, 2.24) is 0 Å². The molecule has 4 atom stereocenters. The van der Waals surface area contributed by atoms with Crippen LogP contribution in [0.2, 0.25) is 0 Å². The summed E-state index contributed by atoms with van der Waals surface area (Å²) in [7, 11) is 0. The van der Waals surface area contributed by atoms with Crippen molar-refractivity contribution in [3.63, 3.8) is 0 Å². The minimum atomic E-state index is -1.31. The van der Waals surface area contributed by atoms with Crippen molar-refractivity contribution < 1.29 is 30.0 Å². The minimum Gasteiger partial charge on any atom is -0.549 e. The third kappa shape index (κ3) is 7.64. The summed E-state index contributed by atoms with van der Waals surface area (Å²) in [6.45, 7) is 5.34. The molecule has 0 heterocycles. The predicted molar refractivity (Wildman–Crippen MR) is 82.7 cm³/mol. The average Bonchev–Trinajstić information content (AvgIpc) is 2.51. The van der Waals surface area contributed by atoms with Crippen LogP contribution in [0.3, 0.4) is 0 Å². The maximum Gasteiger partial charge on any atom is 2.00 e. The Bertz CT molecular complexity index is 337. The zero-order valence-corrected chi connectivity index (χ0v) is 16.6. The standard InChI is InChI=1S/2C7H15NO3.Ca/c2*1-3-5(8)7(2,4-9)6(10)11;/h2*5,9H,3-4,8H2,1-2H3,(H,10,11);/q;;+2/p-2. The minimum absolute atomic E-state index is 0. The summed E-state index contributed by atoms with van der Waals surface area (Å²) in [4.78, 5) is 21.0. The van der Waals surface area contributed by atoms with E-state index >= 15 is 0 Å². The largest absolute Gasteiger partial charge is 2.00 e. The van der Waals surface area contributed by atoms with Gasteiger partial charge in [-0.25, -0.2) is 0 Å². The molecule has 8 nitrogen and oxygen atoms in total. The van der Waals surface area contributed by atoms with Gasteiger partial charge < -0.3 is 41.5 Å². The predicted octanol–water partition coefficient (Wildman–Crippen LogP) is -3.44. The van der Waals surface area contributed by atoms with E-state index in [-0.39, 0.29) is 37.7 Å². The van der Waals surface area contributed by atoms with Gasteiger partial charge in [-0.1, -0.05) is 27.7 Å². The van der Waals surface area contributed by atoms with E-state index in [1.165, 1.54) is 13.8 Å². The number of hydrogen-bond acceptors (Lipinski definition) is 8. The van der Waals surface area contributed by atoms with E-state index in [0.717, 1.165) is 0 Å². The zero-order valence-electron chi connectivity index (χ0n) is 14.4. The van der Waals surface area contributed by atoms with Crippen LogP contribution >= 0.6 is 0 Å². The second-order valence-electron chi connectivity index (χ2n) is 5.76. The first kappa shape index (κ1) is 27.9. The Morgan fingerprint density at radius 3 is 1.17 bits per heavy atom. The number of carbonyl (C=O) groups excluding carboxylic acids is 2. The molecule has 0 fully saturated rings. The normalized spacial score (nSPS) is 18.1. The van der Waals surface area contributed by atoms with Gasteiger partial charge in [0, 0.05) is 22.9 Å². The summed E-state index contributed by atoms with van der Waals surface area (Å²) in [6, 6.07) is -1.12. The zero-order chi connectivity index (χ0) is 18.1. The molecule has 6 N–H and O–H groups in total. The van der Waals surface area contributed by atoms with Gasteiger partial charge in [0.25, 0.3) is 0 Å². The number of carboxylic acids is 2. The number of aliphatic hydroxyl groups excluding tert-OH is 2. The molecule has 23 heavy (non-hydrogen) atoms. The molecule has 4 unspecified atom stereocenters. The molecule has 132 valence electrons. The molecule has 0 amide bonds. The quantitative estimate of drug-likeness (QED) is 0.324. The number of rotatable bonds is 8. The molecule has 0 aliphatic heterocycles. The first-order valence-corrected chi connectivity index (χ1v) is 7.13. The van der Waals surface area contributed by atoms with Crippen LogP contribution in [0, 0.1) is 10.8 Å². The van der Waals surface area contributed by atoms with Gasteiger partial charge >= 0.3 is 37.7 Å². The molecular weight excluding hydrogens is 332 g/mol. The van der Waals surface area contributed by atoms with Crippen LogP contribution in [0.1, 0.15) is 40.5 Å². The first-order chi connectivity index (χ1) is 9.97. The maximum absolute atomic E-state index is 10.5. The van der Waals surface area contributed by atoms with E-state index in [1.54, 1.807) is 13.8 Å². The fraction of sp³-hybridized carbons (Fsp3) is 0.857. The summed E-state index contributed by atoms with van der Waals surface area (Å²) in [5.74, 6) is -2.59. The fourth-order valence-electron chi connectivity index (χ4n) is 1.57. The fourth-order valence-corrected chi connectivity index (χ4v) is 1.57. The van der Waals surface area contributed by atoms with E-state index < -0.39 is 48.1 Å². The molecule has 0 rings (SSSR count). The Kier molecular flexibility index (Phi) is 15.0. The van der Waals surface area contributed by atoms with Crippen LogP contribution in [0.4, 0.5) is 0 Å². The van der Waals surface area contributed by atoms with Gasteiger partial charge in [0.2, 0.25) is 0 Å². The smallest absolute Gasteiger partial charge is 0.549 e. The summed E-state index contributed by atoms with van der Waals surface area (Å²) in [6.07, 6.45) is 1.01. The molecule has 0 radical (unpaired) electrons. The van der Waals surface area contributed by atoms with Crippen molar-refractivity contribution in [2.24, 2.45) is 22.3 Å². The molecule has 9 heteroatoms. The average molecular weight is 360 g/mol. The van der Waals surface area contributed by atoms with E-state index in [2.05, 4.69) is 0 Å². The third-order valence-corrected chi connectivity index (χ3v) is 4.11. The van der Waals surface area contributed by atoms with Gasteiger partial charge in [0.1, 0.15) is 0 Å². The number of hydrogen-bond donors (Lipinski definition) is 4. The maximum atomic E-state index is 10.5. The van der Waals surface area contributed by atoms with E-state index in [1.807, 2.05) is 0 Å². The molecule has 0 bridgehead atoms. The Hall–Kier alpha value is 0.0397. The molecule has 0 aliphatic carbocycles. The topological polar surface area (TPSA) is 173 Å². The van der Waals surface area contributed by atoms with Crippen molar-refractivity contribution in [2.45, 2.75) is 52.6 Å². The molecule has 0 aromatic heterocycles. The van der Waals surface area contributed by atoms with Crippen molar-refractivity contribution >= 4 is 49.7 Å². The van der Waals surface area contributed by atoms with Gasteiger partial charge in [-0.15, -0.1) is 0 Å². The summed E-state index contributed by atoms with van der Waals surface area (Å²) in [5, 5.41) is 38.5. The van der Waals surface area contributed by atoms with Gasteiger partial charge in [0.15, 0.2) is 0 Å². The number of carboxylic acid groups (broad SMARTS) is 2. The molecule has 0 aliphatic rings. The Balaban J connectivity index is -0.000000333. The van der Waals surface area contributed by atoms with Crippen molar-refractivity contribution in [3.05, 3.63) is 0 Å². The van der Waals surface area contributed by atoms with Crippen molar-refractivity contribution in [1.29, 1.82) is 0 Å². The van der Waals surface area contributed by atoms with Gasteiger partial charge in [-0.05, 0) is 12.8 Å². The van der Waals surface area contributed by atoms with Gasteiger partial charge in [0.05, 0.1) is 25.2 Å². The third-order valence-electron chi connectivity index (χ3n) is 4.11. The van der Waals surface area contributed by atoms with E-state index in [9.17, 15) is 19.8 Å². The van der Waals surface area contributed by atoms with Crippen LogP contribution in [0.25, 0.3) is 0 Å². The molecule has 0 aromatic carbocycles. The van der Waals surface area contributed by atoms with Crippen LogP contribution < -0.4 is 21.7 Å². The summed E-state index contributed by atoms with van der Waals surface area (Å²) < 4.78 is 0. The second-order valence-corrected chi connectivity index (χ2v) is 5.76. The van der Waals surface area contributed by atoms with E-state index in [0.29, 0.717) is 12.8 Å². The second kappa shape index (κ2) is 12.4. The molecule has 0 saturated heterocycles. The van der Waals surface area contributed by atoms with Crippen LogP contribution in [-0.2, 0) is 9.59 Å². The number of aliphatic hydroxyl groups is 2. The molecule has 0 aromatic rings. The van der Waals surface area contributed by atoms with Crippen molar-refractivity contribution in [2.75, 3.05) is 13.2 Å². The summed E-state index contributed by atoms with van der Waals surface area (Å²) >= 11 is 0. The number of aliphatic carboxylic acids is 2. The van der Waals surface area contributed by atoms with E-state index in [4.69, 9.17) is 21.7 Å². The van der Waals surface area contributed by atoms with Gasteiger partial charge in [-0.3, -0.25) is 0 Å². The van der Waals surface area contributed by atoms with Gasteiger partial charge in [-0.2, -0.15) is 0 Å². The van der Waals surface area contributed by atoms with Crippen molar-refractivity contribution in [3.8, 4) is 0 Å². The Morgan fingerprint density at radius 2 is 1.13 bits per heavy atom. The molecule has 0 saturated carbocycles. The van der Waals surface area contributed by atoms with Crippen LogP contribution in [0.5, 0.6) is 0 Å². The Labute approximate surface area is 167 Å². The number of nitrogens with two attached hydrogens (primary N) is 2.